The number of rotatable bonds is 4. The van der Waals surface area contributed by atoms with Gasteiger partial charge in [-0.1, -0.05) is 12.1 Å². The molecule has 0 unspecified atom stereocenters. The Morgan fingerprint density at radius 1 is 1.17 bits per heavy atom. The molecule has 0 saturated heterocycles. The normalized spacial score (nSPS) is 10.9. The van der Waals surface area contributed by atoms with Crippen molar-refractivity contribution >= 4 is 16.7 Å². The van der Waals surface area contributed by atoms with E-state index in [0.717, 1.165) is 11.6 Å². The number of aromatic nitrogens is 1. The van der Waals surface area contributed by atoms with Crippen LogP contribution in [0.25, 0.3) is 10.8 Å². The molecule has 0 aliphatic heterocycles. The first-order chi connectivity index (χ1) is 11.0. The van der Waals surface area contributed by atoms with Crippen LogP contribution < -0.4 is 4.74 Å². The Morgan fingerprint density at radius 3 is 2.48 bits per heavy atom. The molecule has 0 aliphatic carbocycles. The van der Waals surface area contributed by atoms with Crippen LogP contribution in [0.15, 0.2) is 42.6 Å². The number of carbonyl (C=O) groups is 1. The number of nitrogens with zero attached hydrogens (tertiary/aromatic N) is 1. The highest BCUT2D eigenvalue weighted by Gasteiger charge is 2.18. The van der Waals surface area contributed by atoms with Gasteiger partial charge >= 0.3 is 5.97 Å². The van der Waals surface area contributed by atoms with Crippen molar-refractivity contribution in [1.29, 1.82) is 0 Å². The Hall–Kier alpha value is -3.02. The fourth-order valence-electron chi connectivity index (χ4n) is 2.50. The molecule has 3 aromatic rings. The number of benzene rings is 2. The molecular weight excluding hydrogens is 301 g/mol. The van der Waals surface area contributed by atoms with Crippen LogP contribution in [0.1, 0.15) is 15.9 Å². The zero-order valence-electron chi connectivity index (χ0n) is 12.3. The predicted molar refractivity (Wildman–Crippen MR) is 82.6 cm³/mol. The summed E-state index contributed by atoms with van der Waals surface area (Å²) in [6.45, 7) is 0.326. The average molecular weight is 315 g/mol. The highest BCUT2D eigenvalue weighted by Crippen LogP contribution is 2.31. The molecular formula is C17H14FNO4. The third kappa shape index (κ3) is 2.59. The minimum atomic E-state index is -1.34. The highest BCUT2D eigenvalue weighted by molar-refractivity contribution is 5.97. The van der Waals surface area contributed by atoms with Gasteiger partial charge in [0, 0.05) is 17.0 Å². The molecule has 0 fully saturated rings. The van der Waals surface area contributed by atoms with Gasteiger partial charge < -0.3 is 19.5 Å². The number of aromatic carboxylic acids is 1. The number of carboxylic acid groups (broad SMARTS) is 1. The Kier molecular flexibility index (Phi) is 3.65. The van der Waals surface area contributed by atoms with Crippen LogP contribution in [0.3, 0.4) is 0 Å². The lowest BCUT2D eigenvalue weighted by Gasteiger charge is -2.06. The summed E-state index contributed by atoms with van der Waals surface area (Å²) in [6, 6.07) is 9.81. The van der Waals surface area contributed by atoms with Gasteiger partial charge in [0.2, 0.25) is 0 Å². The van der Waals surface area contributed by atoms with Crippen LogP contribution in [-0.4, -0.2) is 27.9 Å². The van der Waals surface area contributed by atoms with Gasteiger partial charge in [-0.2, -0.15) is 0 Å². The summed E-state index contributed by atoms with van der Waals surface area (Å²) in [7, 11) is 1.57. The standard InChI is InChI=1S/C17H14FNO4/c1-23-11-4-2-10(3-5-11)8-19-9-14-12(16(19)20)6-7-13(15(14)18)17(21)22/h2-7,9,20H,8H2,1H3,(H,21,22). The molecule has 0 spiro atoms. The molecule has 5 nitrogen and oxygen atoms in total. The summed E-state index contributed by atoms with van der Waals surface area (Å²) in [5, 5.41) is 19.6. The van der Waals surface area contributed by atoms with Gasteiger partial charge in [-0.05, 0) is 29.8 Å². The number of halogens is 1. The first kappa shape index (κ1) is 14.9. The van der Waals surface area contributed by atoms with E-state index in [1.54, 1.807) is 19.2 Å². The Labute approximate surface area is 131 Å². The molecule has 3 rings (SSSR count). The summed E-state index contributed by atoms with van der Waals surface area (Å²) in [5.74, 6) is -1.58. The van der Waals surface area contributed by atoms with Crippen molar-refractivity contribution in [3.05, 3.63) is 59.5 Å². The number of fused-ring (bicyclic) bond motifs is 1. The van der Waals surface area contributed by atoms with Gasteiger partial charge in [0.05, 0.1) is 19.2 Å². The van der Waals surface area contributed by atoms with E-state index in [1.807, 2.05) is 12.1 Å². The first-order valence-corrected chi connectivity index (χ1v) is 6.88. The minimum absolute atomic E-state index is 0.0795. The molecule has 0 bridgehead atoms. The molecule has 1 heterocycles. The molecule has 118 valence electrons. The van der Waals surface area contributed by atoms with Crippen molar-refractivity contribution in [3.8, 4) is 11.6 Å². The van der Waals surface area contributed by atoms with Gasteiger partial charge in [0.15, 0.2) is 5.88 Å². The van der Waals surface area contributed by atoms with E-state index < -0.39 is 17.3 Å². The smallest absolute Gasteiger partial charge is 0.338 e. The van der Waals surface area contributed by atoms with E-state index in [4.69, 9.17) is 9.84 Å². The molecule has 23 heavy (non-hydrogen) atoms. The molecule has 2 N–H and O–H groups in total. The third-order valence-electron chi connectivity index (χ3n) is 3.72. The number of aromatic hydroxyl groups is 1. The molecule has 0 radical (unpaired) electrons. The summed E-state index contributed by atoms with van der Waals surface area (Å²) in [5.41, 5.74) is 0.472. The molecule has 0 atom stereocenters. The molecule has 2 aromatic carbocycles. The van der Waals surface area contributed by atoms with Crippen molar-refractivity contribution in [1.82, 2.24) is 4.57 Å². The number of methoxy groups -OCH3 is 1. The van der Waals surface area contributed by atoms with Crippen molar-refractivity contribution in [3.63, 3.8) is 0 Å². The second kappa shape index (κ2) is 5.64. The monoisotopic (exact) mass is 315 g/mol. The molecule has 0 saturated carbocycles. The number of hydrogen-bond donors (Lipinski definition) is 2. The average Bonchev–Trinajstić information content (AvgIpc) is 2.86. The summed E-state index contributed by atoms with van der Waals surface area (Å²) in [6.07, 6.45) is 1.41. The van der Waals surface area contributed by atoms with E-state index in [9.17, 15) is 14.3 Å². The molecule has 6 heteroatoms. The van der Waals surface area contributed by atoms with E-state index in [0.29, 0.717) is 12.3 Å². The number of carboxylic acids is 1. The zero-order valence-corrected chi connectivity index (χ0v) is 12.3. The van der Waals surface area contributed by atoms with E-state index in [2.05, 4.69) is 0 Å². The van der Waals surface area contributed by atoms with Crippen LogP contribution in [0.5, 0.6) is 11.6 Å². The second-order valence-corrected chi connectivity index (χ2v) is 5.12. The van der Waals surface area contributed by atoms with Crippen LogP contribution in [-0.2, 0) is 6.54 Å². The predicted octanol–water partition coefficient (Wildman–Crippen LogP) is 3.24. The van der Waals surface area contributed by atoms with Crippen molar-refractivity contribution < 1.29 is 24.1 Å². The van der Waals surface area contributed by atoms with Crippen molar-refractivity contribution in [2.45, 2.75) is 6.54 Å². The van der Waals surface area contributed by atoms with Crippen LogP contribution in [0, 0.1) is 5.82 Å². The molecule has 0 amide bonds. The lowest BCUT2D eigenvalue weighted by atomic mass is 10.1. The van der Waals surface area contributed by atoms with Crippen molar-refractivity contribution in [2.75, 3.05) is 7.11 Å². The molecule has 0 aliphatic rings. The lowest BCUT2D eigenvalue weighted by Crippen LogP contribution is -2.00. The zero-order chi connectivity index (χ0) is 16.6. The summed E-state index contributed by atoms with van der Waals surface area (Å²) >= 11 is 0. The van der Waals surface area contributed by atoms with Crippen molar-refractivity contribution in [2.24, 2.45) is 0 Å². The lowest BCUT2D eigenvalue weighted by molar-refractivity contribution is 0.0692. The van der Waals surface area contributed by atoms with Gasteiger partial charge in [0.25, 0.3) is 0 Å². The molecule has 1 aromatic heterocycles. The topological polar surface area (TPSA) is 71.7 Å². The number of ether oxygens (including phenoxy) is 1. The van der Waals surface area contributed by atoms with Gasteiger partial charge in [0.1, 0.15) is 11.6 Å². The Morgan fingerprint density at radius 2 is 1.87 bits per heavy atom. The Balaban J connectivity index is 2.02. The summed E-state index contributed by atoms with van der Waals surface area (Å²) in [4.78, 5) is 11.0. The maximum atomic E-state index is 14.2. The minimum Gasteiger partial charge on any atom is -0.497 e. The third-order valence-corrected chi connectivity index (χ3v) is 3.72. The largest absolute Gasteiger partial charge is 0.497 e. The van der Waals surface area contributed by atoms with E-state index >= 15 is 0 Å². The van der Waals surface area contributed by atoms with Crippen LogP contribution >= 0.6 is 0 Å². The second-order valence-electron chi connectivity index (χ2n) is 5.12. The van der Waals surface area contributed by atoms with Crippen LogP contribution in [0.4, 0.5) is 4.39 Å². The fraction of sp³-hybridized carbons (Fsp3) is 0.118. The van der Waals surface area contributed by atoms with Gasteiger partial charge in [-0.3, -0.25) is 0 Å². The highest BCUT2D eigenvalue weighted by atomic mass is 19.1. The fourth-order valence-corrected chi connectivity index (χ4v) is 2.50. The van der Waals surface area contributed by atoms with E-state index in [1.165, 1.54) is 16.8 Å². The van der Waals surface area contributed by atoms with Gasteiger partial charge in [-0.15, -0.1) is 0 Å². The van der Waals surface area contributed by atoms with Gasteiger partial charge in [-0.25, -0.2) is 9.18 Å². The maximum absolute atomic E-state index is 14.2. The van der Waals surface area contributed by atoms with Crippen LogP contribution in [0.2, 0.25) is 0 Å². The first-order valence-electron chi connectivity index (χ1n) is 6.88. The number of hydrogen-bond acceptors (Lipinski definition) is 3. The van der Waals surface area contributed by atoms with E-state index in [-0.39, 0.29) is 16.7 Å². The summed E-state index contributed by atoms with van der Waals surface area (Å²) < 4.78 is 20.8. The SMILES string of the molecule is COc1ccc(Cn2cc3c(F)c(C(=O)O)ccc3c2O)cc1. The quantitative estimate of drug-likeness (QED) is 0.775. The maximum Gasteiger partial charge on any atom is 0.338 e. The Bertz CT molecular complexity index is 884.